The minimum Gasteiger partial charge on any atom is -0.310 e. The second kappa shape index (κ2) is 15.8. The third-order valence-corrected chi connectivity index (χ3v) is 14.0. The number of benzene rings is 11. The lowest BCUT2D eigenvalue weighted by Gasteiger charge is -2.35. The van der Waals surface area contributed by atoms with Crippen LogP contribution in [0.2, 0.25) is 0 Å². The van der Waals surface area contributed by atoms with Gasteiger partial charge in [-0.3, -0.25) is 0 Å². The predicted molar refractivity (Wildman–Crippen MR) is 281 cm³/mol. The number of anilines is 3. The fourth-order valence-electron chi connectivity index (χ4n) is 11.1. The third kappa shape index (κ3) is 6.18. The van der Waals surface area contributed by atoms with Crippen LogP contribution >= 0.6 is 0 Å². The zero-order chi connectivity index (χ0) is 44.3. The number of nitrogens with zero attached hydrogens (tertiary/aromatic N) is 2. The first-order chi connectivity index (χ1) is 33.2. The van der Waals surface area contributed by atoms with Gasteiger partial charge >= 0.3 is 0 Å². The summed E-state index contributed by atoms with van der Waals surface area (Å²) < 4.78 is 2.43. The molecule has 1 heterocycles. The SMILES string of the molecule is c1ccc(N(c2ccc(-c3cccc(-c4ccc5c(c4)c4ccccc4n5-c4cccc5ccccc45)c3)cc2)c2ccc3c(c2)C(c2ccccc2)(c2ccccc2)c2ccccc2-3)cc1. The summed E-state index contributed by atoms with van der Waals surface area (Å²) in [4.78, 5) is 2.40. The first-order valence-corrected chi connectivity index (χ1v) is 23.2. The Bertz CT molecular complexity index is 3750. The minimum atomic E-state index is -0.486. The van der Waals surface area contributed by atoms with Gasteiger partial charge in [-0.2, -0.15) is 0 Å². The van der Waals surface area contributed by atoms with Crippen LogP contribution in [0.1, 0.15) is 22.3 Å². The predicted octanol–water partition coefficient (Wildman–Crippen LogP) is 17.1. The van der Waals surface area contributed by atoms with Crippen molar-refractivity contribution in [2.45, 2.75) is 5.41 Å². The van der Waals surface area contributed by atoms with Gasteiger partial charge in [0, 0.05) is 33.2 Å². The summed E-state index contributed by atoms with van der Waals surface area (Å²) in [5, 5.41) is 4.98. The van der Waals surface area contributed by atoms with Crippen molar-refractivity contribution in [2.24, 2.45) is 0 Å². The van der Waals surface area contributed by atoms with Crippen LogP contribution in [0.25, 0.3) is 71.6 Å². The molecule has 1 aliphatic carbocycles. The highest BCUT2D eigenvalue weighted by Gasteiger charge is 2.46. The minimum absolute atomic E-state index is 0.486. The van der Waals surface area contributed by atoms with Crippen molar-refractivity contribution < 1.29 is 0 Å². The highest BCUT2D eigenvalue weighted by molar-refractivity contribution is 6.11. The summed E-state index contributed by atoms with van der Waals surface area (Å²) in [6.07, 6.45) is 0. The van der Waals surface area contributed by atoms with Gasteiger partial charge in [-0.1, -0.05) is 200 Å². The standard InChI is InChI=1S/C65H44N2/c1-4-22-50(23-5-1)65(51-24-6-2-7-25-51)60-31-14-12-29-56(60)57-40-39-54(44-61(57)65)66(52-26-8-3-9-27-52)53-37-34-45(35-38-53)47-20-16-21-48(42-47)49-36-41-64-59(43-49)58-30-13-15-32-63(58)67(64)62-33-17-19-46-18-10-11-28-55(46)62/h1-44H. The van der Waals surface area contributed by atoms with E-state index in [2.05, 4.69) is 276 Å². The van der Waals surface area contributed by atoms with E-state index in [9.17, 15) is 0 Å². The van der Waals surface area contributed by atoms with Crippen molar-refractivity contribution in [3.05, 3.63) is 289 Å². The Kier molecular flexibility index (Phi) is 9.11. The van der Waals surface area contributed by atoms with Gasteiger partial charge in [0.25, 0.3) is 0 Å². The van der Waals surface area contributed by atoms with E-state index in [4.69, 9.17) is 0 Å². The molecule has 0 spiro atoms. The molecule has 0 fully saturated rings. The maximum Gasteiger partial charge on any atom is 0.0714 e. The van der Waals surface area contributed by atoms with Crippen LogP contribution in [0, 0.1) is 0 Å². The Labute approximate surface area is 390 Å². The zero-order valence-corrected chi connectivity index (χ0v) is 36.8. The molecule has 0 bridgehead atoms. The Balaban J connectivity index is 0.894. The van der Waals surface area contributed by atoms with E-state index in [1.54, 1.807) is 0 Å². The molecular formula is C65H44N2. The fourth-order valence-corrected chi connectivity index (χ4v) is 11.1. The molecule has 11 aromatic carbocycles. The van der Waals surface area contributed by atoms with Crippen LogP contribution in [0.5, 0.6) is 0 Å². The number of hydrogen-bond acceptors (Lipinski definition) is 1. The van der Waals surface area contributed by atoms with Crippen LogP contribution < -0.4 is 4.90 Å². The van der Waals surface area contributed by atoms with Crippen molar-refractivity contribution in [2.75, 3.05) is 4.90 Å². The highest BCUT2D eigenvalue weighted by atomic mass is 15.1. The molecule has 0 N–H and O–H groups in total. The molecule has 1 aromatic heterocycles. The zero-order valence-electron chi connectivity index (χ0n) is 36.8. The quantitative estimate of drug-likeness (QED) is 0.148. The molecule has 0 atom stereocenters. The summed E-state index contributed by atoms with van der Waals surface area (Å²) in [6.45, 7) is 0. The Morgan fingerprint density at radius 2 is 0.836 bits per heavy atom. The van der Waals surface area contributed by atoms with Gasteiger partial charge in [0.05, 0.1) is 22.1 Å². The van der Waals surface area contributed by atoms with Gasteiger partial charge in [0.2, 0.25) is 0 Å². The third-order valence-electron chi connectivity index (χ3n) is 14.0. The molecular weight excluding hydrogens is 809 g/mol. The van der Waals surface area contributed by atoms with Gasteiger partial charge in [0.15, 0.2) is 0 Å². The van der Waals surface area contributed by atoms with Crippen LogP contribution in [0.4, 0.5) is 17.1 Å². The average molecular weight is 853 g/mol. The highest BCUT2D eigenvalue weighted by Crippen LogP contribution is 2.57. The molecule has 0 saturated carbocycles. The average Bonchev–Trinajstić information content (AvgIpc) is 3.89. The number of fused-ring (bicyclic) bond motifs is 7. The molecule has 2 heteroatoms. The molecule has 67 heavy (non-hydrogen) atoms. The lowest BCUT2D eigenvalue weighted by molar-refractivity contribution is 0.768. The second-order valence-corrected chi connectivity index (χ2v) is 17.6. The normalized spacial score (nSPS) is 12.6. The molecule has 0 unspecified atom stereocenters. The van der Waals surface area contributed by atoms with E-state index in [1.165, 1.54) is 93.9 Å². The van der Waals surface area contributed by atoms with E-state index < -0.39 is 5.41 Å². The molecule has 12 aromatic rings. The van der Waals surface area contributed by atoms with Gasteiger partial charge < -0.3 is 9.47 Å². The first-order valence-electron chi connectivity index (χ1n) is 23.2. The van der Waals surface area contributed by atoms with Crippen molar-refractivity contribution in [3.8, 4) is 39.1 Å². The molecule has 0 radical (unpaired) electrons. The Hall–Kier alpha value is -8.72. The number of rotatable bonds is 8. The van der Waals surface area contributed by atoms with Crippen molar-refractivity contribution in [1.29, 1.82) is 0 Å². The van der Waals surface area contributed by atoms with Crippen molar-refractivity contribution in [3.63, 3.8) is 0 Å². The largest absolute Gasteiger partial charge is 0.310 e. The topological polar surface area (TPSA) is 8.17 Å². The molecule has 0 aliphatic heterocycles. The smallest absolute Gasteiger partial charge is 0.0714 e. The molecule has 13 rings (SSSR count). The molecule has 0 amide bonds. The summed E-state index contributed by atoms with van der Waals surface area (Å²) in [6, 6.07) is 97.9. The first kappa shape index (κ1) is 38.7. The maximum absolute atomic E-state index is 2.44. The summed E-state index contributed by atoms with van der Waals surface area (Å²) in [5.74, 6) is 0. The molecule has 0 saturated heterocycles. The number of aromatic nitrogens is 1. The summed E-state index contributed by atoms with van der Waals surface area (Å²) >= 11 is 0. The van der Waals surface area contributed by atoms with Crippen LogP contribution in [0.3, 0.4) is 0 Å². The van der Waals surface area contributed by atoms with Gasteiger partial charge in [-0.15, -0.1) is 0 Å². The number of hydrogen-bond donors (Lipinski definition) is 0. The Morgan fingerprint density at radius 1 is 0.299 bits per heavy atom. The number of para-hydroxylation sites is 2. The Morgan fingerprint density at radius 3 is 1.61 bits per heavy atom. The monoisotopic (exact) mass is 852 g/mol. The van der Waals surface area contributed by atoms with E-state index in [0.717, 1.165) is 17.1 Å². The fraction of sp³-hybridized carbons (Fsp3) is 0.0154. The summed E-state index contributed by atoms with van der Waals surface area (Å²) in [5.41, 5.74) is 18.8. The summed E-state index contributed by atoms with van der Waals surface area (Å²) in [7, 11) is 0. The van der Waals surface area contributed by atoms with Gasteiger partial charge in [0.1, 0.15) is 0 Å². The van der Waals surface area contributed by atoms with Crippen LogP contribution in [-0.2, 0) is 5.41 Å². The van der Waals surface area contributed by atoms with E-state index >= 15 is 0 Å². The lowest BCUT2D eigenvalue weighted by atomic mass is 9.67. The molecule has 1 aliphatic rings. The van der Waals surface area contributed by atoms with Crippen molar-refractivity contribution >= 4 is 49.6 Å². The van der Waals surface area contributed by atoms with Gasteiger partial charge in [-0.05, 0) is 128 Å². The van der Waals surface area contributed by atoms with E-state index in [-0.39, 0.29) is 0 Å². The second-order valence-electron chi connectivity index (χ2n) is 17.6. The lowest BCUT2D eigenvalue weighted by Crippen LogP contribution is -2.28. The maximum atomic E-state index is 2.44. The molecule has 314 valence electrons. The van der Waals surface area contributed by atoms with Crippen LogP contribution in [-0.4, -0.2) is 4.57 Å². The van der Waals surface area contributed by atoms with E-state index in [1.807, 2.05) is 0 Å². The van der Waals surface area contributed by atoms with Gasteiger partial charge in [-0.25, -0.2) is 0 Å². The van der Waals surface area contributed by atoms with E-state index in [0.29, 0.717) is 0 Å². The van der Waals surface area contributed by atoms with Crippen molar-refractivity contribution in [1.82, 2.24) is 4.57 Å². The molecule has 2 nitrogen and oxygen atoms in total. The van der Waals surface area contributed by atoms with Crippen LogP contribution in [0.15, 0.2) is 267 Å².